The molecule has 0 spiro atoms. The predicted molar refractivity (Wildman–Crippen MR) is 77.3 cm³/mol. The van der Waals surface area contributed by atoms with Gasteiger partial charge in [-0.1, -0.05) is 28.1 Å². The summed E-state index contributed by atoms with van der Waals surface area (Å²) in [6.45, 7) is 0.842. The van der Waals surface area contributed by atoms with E-state index in [-0.39, 0.29) is 11.9 Å². The molecule has 5 heteroatoms. The first kappa shape index (κ1) is 15.1. The smallest absolute Gasteiger partial charge is 0.236 e. The van der Waals surface area contributed by atoms with Gasteiger partial charge in [-0.2, -0.15) is 0 Å². The van der Waals surface area contributed by atoms with Crippen LogP contribution < -0.4 is 5.73 Å². The molecule has 100 valence electrons. The normalized spacial score (nSPS) is 12.6. The van der Waals surface area contributed by atoms with Crippen LogP contribution in [0.15, 0.2) is 28.7 Å². The SMILES string of the molecule is CN(C)C(=O)CN(C)C(CN)c1cccc(Br)c1. The van der Waals surface area contributed by atoms with Gasteiger partial charge >= 0.3 is 0 Å². The first-order chi connectivity index (χ1) is 8.45. The molecule has 1 amide bonds. The van der Waals surface area contributed by atoms with E-state index < -0.39 is 0 Å². The molecule has 2 N–H and O–H groups in total. The van der Waals surface area contributed by atoms with Crippen molar-refractivity contribution in [3.63, 3.8) is 0 Å². The molecule has 0 fully saturated rings. The van der Waals surface area contributed by atoms with Gasteiger partial charge in [-0.05, 0) is 24.7 Å². The Labute approximate surface area is 117 Å². The van der Waals surface area contributed by atoms with Gasteiger partial charge in [-0.15, -0.1) is 0 Å². The second kappa shape index (κ2) is 6.87. The van der Waals surface area contributed by atoms with Crippen molar-refractivity contribution < 1.29 is 4.79 Å². The molecule has 0 bridgehead atoms. The fraction of sp³-hybridized carbons (Fsp3) is 0.462. The van der Waals surface area contributed by atoms with Gasteiger partial charge < -0.3 is 10.6 Å². The Hall–Kier alpha value is -0.910. The summed E-state index contributed by atoms with van der Waals surface area (Å²) in [6, 6.07) is 8.06. The first-order valence-corrected chi connectivity index (χ1v) is 6.61. The Morgan fingerprint density at radius 3 is 2.56 bits per heavy atom. The first-order valence-electron chi connectivity index (χ1n) is 5.81. The number of hydrogen-bond donors (Lipinski definition) is 1. The van der Waals surface area contributed by atoms with Crippen LogP contribution >= 0.6 is 15.9 Å². The topological polar surface area (TPSA) is 49.6 Å². The van der Waals surface area contributed by atoms with Crippen molar-refractivity contribution in [3.8, 4) is 0 Å². The van der Waals surface area contributed by atoms with Gasteiger partial charge in [-0.3, -0.25) is 9.69 Å². The highest BCUT2D eigenvalue weighted by Gasteiger charge is 2.18. The van der Waals surface area contributed by atoms with Gasteiger partial charge in [-0.25, -0.2) is 0 Å². The van der Waals surface area contributed by atoms with Crippen LogP contribution in [0.1, 0.15) is 11.6 Å². The van der Waals surface area contributed by atoms with Gasteiger partial charge in [0.05, 0.1) is 6.54 Å². The molecule has 18 heavy (non-hydrogen) atoms. The number of nitrogens with zero attached hydrogens (tertiary/aromatic N) is 2. The van der Waals surface area contributed by atoms with Crippen molar-refractivity contribution in [1.29, 1.82) is 0 Å². The fourth-order valence-corrected chi connectivity index (χ4v) is 2.17. The fourth-order valence-electron chi connectivity index (χ4n) is 1.75. The minimum atomic E-state index is 0.0476. The minimum absolute atomic E-state index is 0.0476. The molecule has 0 saturated carbocycles. The standard InChI is InChI=1S/C13H20BrN3O/c1-16(2)13(18)9-17(3)12(8-15)10-5-4-6-11(14)7-10/h4-7,12H,8-9,15H2,1-3H3. The number of carbonyl (C=O) groups excluding carboxylic acids is 1. The molecule has 1 aromatic carbocycles. The van der Waals surface area contributed by atoms with E-state index in [0.29, 0.717) is 13.1 Å². The average molecular weight is 314 g/mol. The lowest BCUT2D eigenvalue weighted by Gasteiger charge is -2.28. The Morgan fingerprint density at radius 1 is 1.39 bits per heavy atom. The quantitative estimate of drug-likeness (QED) is 0.895. The van der Waals surface area contributed by atoms with Gasteiger partial charge in [0.15, 0.2) is 0 Å². The maximum absolute atomic E-state index is 11.7. The van der Waals surface area contributed by atoms with E-state index in [1.165, 1.54) is 0 Å². The van der Waals surface area contributed by atoms with Crippen molar-refractivity contribution in [1.82, 2.24) is 9.80 Å². The van der Waals surface area contributed by atoms with E-state index in [9.17, 15) is 4.79 Å². The van der Waals surface area contributed by atoms with E-state index in [1.807, 2.05) is 36.2 Å². The molecule has 0 aliphatic rings. The maximum atomic E-state index is 11.7. The molecule has 4 nitrogen and oxygen atoms in total. The second-order valence-electron chi connectivity index (χ2n) is 4.51. The lowest BCUT2D eigenvalue weighted by molar-refractivity contribution is -0.130. The number of hydrogen-bond acceptors (Lipinski definition) is 3. The molecular formula is C13H20BrN3O. The summed E-state index contributed by atoms with van der Waals surface area (Å²) in [6.07, 6.45) is 0. The molecule has 1 atom stereocenters. The Bertz CT molecular complexity index is 409. The summed E-state index contributed by atoms with van der Waals surface area (Å²) in [5.74, 6) is 0.0750. The lowest BCUT2D eigenvalue weighted by atomic mass is 10.1. The lowest BCUT2D eigenvalue weighted by Crippen LogP contribution is -2.38. The van der Waals surface area contributed by atoms with E-state index in [4.69, 9.17) is 5.73 Å². The van der Waals surface area contributed by atoms with E-state index in [1.54, 1.807) is 19.0 Å². The average Bonchev–Trinajstić information content (AvgIpc) is 2.29. The third-order valence-electron chi connectivity index (χ3n) is 2.87. The molecule has 1 unspecified atom stereocenters. The monoisotopic (exact) mass is 313 g/mol. The summed E-state index contributed by atoms with van der Waals surface area (Å²) >= 11 is 3.45. The molecular weight excluding hydrogens is 294 g/mol. The summed E-state index contributed by atoms with van der Waals surface area (Å²) in [5.41, 5.74) is 6.94. The molecule has 0 radical (unpaired) electrons. The predicted octanol–water partition coefficient (Wildman–Crippen LogP) is 1.47. The number of amides is 1. The zero-order chi connectivity index (χ0) is 13.7. The van der Waals surface area contributed by atoms with Gasteiger partial charge in [0.25, 0.3) is 0 Å². The number of likely N-dealkylation sites (N-methyl/N-ethyl adjacent to an activating group) is 2. The molecule has 0 saturated heterocycles. The van der Waals surface area contributed by atoms with Crippen molar-refractivity contribution in [3.05, 3.63) is 34.3 Å². The number of benzene rings is 1. The van der Waals surface area contributed by atoms with Crippen LogP contribution in [-0.2, 0) is 4.79 Å². The minimum Gasteiger partial charge on any atom is -0.348 e. The van der Waals surface area contributed by atoms with Crippen LogP contribution in [-0.4, -0.2) is 49.9 Å². The summed E-state index contributed by atoms with van der Waals surface area (Å²) < 4.78 is 1.02. The third kappa shape index (κ3) is 4.08. The number of rotatable bonds is 5. The molecule has 0 aliphatic heterocycles. The number of nitrogens with two attached hydrogens (primary N) is 1. The second-order valence-corrected chi connectivity index (χ2v) is 5.43. The number of halogens is 1. The summed E-state index contributed by atoms with van der Waals surface area (Å²) in [4.78, 5) is 15.3. The van der Waals surface area contributed by atoms with Gasteiger partial charge in [0.1, 0.15) is 0 Å². The molecule has 0 heterocycles. The Kier molecular flexibility index (Phi) is 5.78. The van der Waals surface area contributed by atoms with Crippen LogP contribution in [0.3, 0.4) is 0 Å². The molecule has 1 rings (SSSR count). The summed E-state index contributed by atoms with van der Waals surface area (Å²) in [5, 5.41) is 0. The van der Waals surface area contributed by atoms with Crippen LogP contribution in [0.2, 0.25) is 0 Å². The van der Waals surface area contributed by atoms with Crippen molar-refractivity contribution in [2.75, 3.05) is 34.2 Å². The highest BCUT2D eigenvalue weighted by Crippen LogP contribution is 2.21. The van der Waals surface area contributed by atoms with Crippen molar-refractivity contribution in [2.24, 2.45) is 5.73 Å². The van der Waals surface area contributed by atoms with E-state index in [2.05, 4.69) is 15.9 Å². The van der Waals surface area contributed by atoms with Crippen LogP contribution in [0.5, 0.6) is 0 Å². The number of carbonyl (C=O) groups is 1. The van der Waals surface area contributed by atoms with Gasteiger partial charge in [0.2, 0.25) is 5.91 Å². The van der Waals surface area contributed by atoms with Crippen molar-refractivity contribution in [2.45, 2.75) is 6.04 Å². The van der Waals surface area contributed by atoms with Crippen LogP contribution in [0, 0.1) is 0 Å². The highest BCUT2D eigenvalue weighted by molar-refractivity contribution is 9.10. The molecule has 0 aliphatic carbocycles. The van der Waals surface area contributed by atoms with E-state index in [0.717, 1.165) is 10.0 Å². The van der Waals surface area contributed by atoms with Crippen LogP contribution in [0.4, 0.5) is 0 Å². The highest BCUT2D eigenvalue weighted by atomic mass is 79.9. The van der Waals surface area contributed by atoms with Crippen LogP contribution in [0.25, 0.3) is 0 Å². The zero-order valence-corrected chi connectivity index (χ0v) is 12.6. The Balaban J connectivity index is 2.80. The molecule has 1 aromatic rings. The van der Waals surface area contributed by atoms with Crippen molar-refractivity contribution >= 4 is 21.8 Å². The third-order valence-corrected chi connectivity index (χ3v) is 3.37. The Morgan fingerprint density at radius 2 is 2.06 bits per heavy atom. The van der Waals surface area contributed by atoms with Gasteiger partial charge in [0, 0.05) is 31.2 Å². The zero-order valence-electron chi connectivity index (χ0n) is 11.1. The largest absolute Gasteiger partial charge is 0.348 e. The molecule has 0 aromatic heterocycles. The van der Waals surface area contributed by atoms with E-state index >= 15 is 0 Å². The summed E-state index contributed by atoms with van der Waals surface area (Å²) in [7, 11) is 5.43. The maximum Gasteiger partial charge on any atom is 0.236 e.